The highest BCUT2D eigenvalue weighted by molar-refractivity contribution is 7.22. The molecule has 0 spiro atoms. The lowest BCUT2D eigenvalue weighted by atomic mass is 10.1. The predicted octanol–water partition coefficient (Wildman–Crippen LogP) is 4.22. The highest BCUT2D eigenvalue weighted by atomic mass is 32.1. The van der Waals surface area contributed by atoms with E-state index in [1.807, 2.05) is 37.3 Å². The fraction of sp³-hybridized carbons (Fsp3) is 0.348. The number of amides is 2. The molecule has 2 aromatic carbocycles. The van der Waals surface area contributed by atoms with Crippen LogP contribution in [0.5, 0.6) is 0 Å². The first-order valence-corrected chi connectivity index (χ1v) is 11.1. The summed E-state index contributed by atoms with van der Waals surface area (Å²) in [7, 11) is 2.06. The monoisotopic (exact) mass is 424 g/mol. The lowest BCUT2D eigenvalue weighted by molar-refractivity contribution is -0.121. The molecular weight excluding hydrogens is 396 g/mol. The number of nitrogens with one attached hydrogen (secondary N) is 2. The summed E-state index contributed by atoms with van der Waals surface area (Å²) >= 11 is 1.46. The Morgan fingerprint density at radius 1 is 1.10 bits per heavy atom. The van der Waals surface area contributed by atoms with Gasteiger partial charge in [-0.3, -0.25) is 9.59 Å². The molecule has 1 aromatic heterocycles. The number of rotatable bonds is 10. The number of aryl methyl sites for hydroxylation is 1. The summed E-state index contributed by atoms with van der Waals surface area (Å²) in [5.41, 5.74) is 3.14. The molecule has 0 radical (unpaired) electrons. The molecule has 7 heteroatoms. The van der Waals surface area contributed by atoms with Gasteiger partial charge in [0.25, 0.3) is 0 Å². The van der Waals surface area contributed by atoms with Crippen LogP contribution in [0.2, 0.25) is 0 Å². The van der Waals surface area contributed by atoms with E-state index >= 15 is 0 Å². The van der Waals surface area contributed by atoms with Gasteiger partial charge in [-0.2, -0.15) is 0 Å². The molecule has 2 amide bonds. The van der Waals surface area contributed by atoms with Gasteiger partial charge in [0.05, 0.1) is 10.2 Å². The van der Waals surface area contributed by atoms with Crippen molar-refractivity contribution >= 4 is 44.2 Å². The third kappa shape index (κ3) is 6.29. The maximum atomic E-state index is 12.2. The largest absolute Gasteiger partial charge is 0.375 e. The topological polar surface area (TPSA) is 74.3 Å². The first-order valence-electron chi connectivity index (χ1n) is 10.3. The minimum Gasteiger partial charge on any atom is -0.375 e. The van der Waals surface area contributed by atoms with Crippen molar-refractivity contribution in [3.05, 3.63) is 54.1 Å². The molecule has 3 rings (SSSR count). The summed E-state index contributed by atoms with van der Waals surface area (Å²) in [5.74, 6) is 0.0265. The fourth-order valence-corrected chi connectivity index (χ4v) is 4.03. The number of nitrogens with zero attached hydrogens (tertiary/aromatic N) is 2. The van der Waals surface area contributed by atoms with Crippen LogP contribution in [0.4, 0.5) is 10.8 Å². The molecule has 0 aliphatic heterocycles. The summed E-state index contributed by atoms with van der Waals surface area (Å²) in [6.45, 7) is 3.38. The molecule has 3 aromatic rings. The van der Waals surface area contributed by atoms with Crippen LogP contribution >= 0.6 is 11.3 Å². The van der Waals surface area contributed by atoms with E-state index in [2.05, 4.69) is 45.8 Å². The maximum absolute atomic E-state index is 12.2. The van der Waals surface area contributed by atoms with Gasteiger partial charge in [-0.1, -0.05) is 42.5 Å². The van der Waals surface area contributed by atoms with Crippen LogP contribution in [-0.4, -0.2) is 36.9 Å². The molecule has 0 unspecified atom stereocenters. The van der Waals surface area contributed by atoms with Crippen molar-refractivity contribution in [3.8, 4) is 0 Å². The Balaban J connectivity index is 1.40. The van der Waals surface area contributed by atoms with Crippen LogP contribution in [0.3, 0.4) is 0 Å². The van der Waals surface area contributed by atoms with Crippen molar-refractivity contribution in [2.45, 2.75) is 32.6 Å². The van der Waals surface area contributed by atoms with E-state index in [4.69, 9.17) is 0 Å². The number of carbonyl (C=O) groups is 2. The zero-order valence-corrected chi connectivity index (χ0v) is 18.3. The van der Waals surface area contributed by atoms with Gasteiger partial charge in [-0.25, -0.2) is 4.98 Å². The Labute approximate surface area is 181 Å². The molecule has 0 aliphatic rings. The molecular formula is C23H28N4O2S. The second kappa shape index (κ2) is 10.7. The van der Waals surface area contributed by atoms with Gasteiger partial charge in [-0.15, -0.1) is 0 Å². The summed E-state index contributed by atoms with van der Waals surface area (Å²) in [4.78, 5) is 30.3. The number of fused-ring (bicyclic) bond motifs is 1. The summed E-state index contributed by atoms with van der Waals surface area (Å²) in [5, 5.41) is 6.42. The molecule has 30 heavy (non-hydrogen) atoms. The minimum absolute atomic E-state index is 0.0408. The van der Waals surface area contributed by atoms with Crippen LogP contribution in [0.25, 0.3) is 10.2 Å². The standard InChI is InChI=1S/C23H28N4O2S/c1-3-21(28)26-23-25-19-12-10-17(16-20(19)30-23)11-13-22(29)24-14-7-15-27(2)18-8-5-4-6-9-18/h4-6,8-10,12,16H,3,7,11,13-15H2,1-2H3,(H,24,29)(H,25,26,28). The Bertz CT molecular complexity index is 987. The number of aromatic nitrogens is 1. The summed E-state index contributed by atoms with van der Waals surface area (Å²) in [6, 6.07) is 16.2. The van der Waals surface area contributed by atoms with Crippen molar-refractivity contribution < 1.29 is 9.59 Å². The third-order valence-corrected chi connectivity index (χ3v) is 5.78. The Morgan fingerprint density at radius 2 is 1.90 bits per heavy atom. The average molecular weight is 425 g/mol. The fourth-order valence-electron chi connectivity index (χ4n) is 3.09. The average Bonchev–Trinajstić information content (AvgIpc) is 3.17. The number of hydrogen-bond acceptors (Lipinski definition) is 5. The molecule has 158 valence electrons. The van der Waals surface area contributed by atoms with E-state index < -0.39 is 0 Å². The molecule has 0 saturated heterocycles. The first kappa shape index (κ1) is 21.8. The third-order valence-electron chi connectivity index (χ3n) is 4.85. The van der Waals surface area contributed by atoms with Crippen LogP contribution < -0.4 is 15.5 Å². The molecule has 0 atom stereocenters. The van der Waals surface area contributed by atoms with Crippen molar-refractivity contribution in [1.29, 1.82) is 0 Å². The van der Waals surface area contributed by atoms with E-state index in [1.165, 1.54) is 17.0 Å². The van der Waals surface area contributed by atoms with E-state index in [0.29, 0.717) is 30.9 Å². The zero-order chi connectivity index (χ0) is 21.3. The molecule has 0 saturated carbocycles. The van der Waals surface area contributed by atoms with Crippen molar-refractivity contribution in [2.24, 2.45) is 0 Å². The molecule has 0 bridgehead atoms. The number of hydrogen-bond donors (Lipinski definition) is 2. The Hall–Kier alpha value is -2.93. The van der Waals surface area contributed by atoms with Gasteiger partial charge >= 0.3 is 0 Å². The number of benzene rings is 2. The van der Waals surface area contributed by atoms with Gasteiger partial charge < -0.3 is 15.5 Å². The smallest absolute Gasteiger partial charge is 0.225 e. The van der Waals surface area contributed by atoms with Gasteiger partial charge in [0.1, 0.15) is 0 Å². The quantitative estimate of drug-likeness (QED) is 0.478. The van der Waals surface area contributed by atoms with Gasteiger partial charge in [-0.05, 0) is 42.7 Å². The second-order valence-electron chi connectivity index (χ2n) is 7.18. The molecule has 0 aliphatic carbocycles. The first-order chi connectivity index (χ1) is 14.5. The molecule has 6 nitrogen and oxygen atoms in total. The Morgan fingerprint density at radius 3 is 2.67 bits per heavy atom. The van der Waals surface area contributed by atoms with Gasteiger partial charge in [0, 0.05) is 38.7 Å². The highest BCUT2D eigenvalue weighted by Gasteiger charge is 2.08. The minimum atomic E-state index is -0.0408. The van der Waals surface area contributed by atoms with Crippen LogP contribution in [0.1, 0.15) is 31.7 Å². The zero-order valence-electron chi connectivity index (χ0n) is 17.5. The summed E-state index contributed by atoms with van der Waals surface area (Å²) in [6.07, 6.45) is 2.47. The summed E-state index contributed by atoms with van der Waals surface area (Å²) < 4.78 is 1.02. The maximum Gasteiger partial charge on any atom is 0.225 e. The second-order valence-corrected chi connectivity index (χ2v) is 8.21. The van der Waals surface area contributed by atoms with Gasteiger partial charge in [0.2, 0.25) is 11.8 Å². The SMILES string of the molecule is CCC(=O)Nc1nc2ccc(CCC(=O)NCCCN(C)c3ccccc3)cc2s1. The lowest BCUT2D eigenvalue weighted by Crippen LogP contribution is -2.28. The molecule has 1 heterocycles. The van der Waals surface area contributed by atoms with Crippen LogP contribution in [-0.2, 0) is 16.0 Å². The number of para-hydroxylation sites is 1. The number of anilines is 2. The molecule has 2 N–H and O–H groups in total. The predicted molar refractivity (Wildman–Crippen MR) is 124 cm³/mol. The van der Waals surface area contributed by atoms with E-state index in [-0.39, 0.29) is 11.8 Å². The normalized spacial score (nSPS) is 10.7. The molecule has 0 fully saturated rings. The highest BCUT2D eigenvalue weighted by Crippen LogP contribution is 2.27. The van der Waals surface area contributed by atoms with Crippen molar-refractivity contribution in [1.82, 2.24) is 10.3 Å². The van der Waals surface area contributed by atoms with Crippen molar-refractivity contribution in [2.75, 3.05) is 30.4 Å². The Kier molecular flexibility index (Phi) is 7.79. The van der Waals surface area contributed by atoms with E-state index in [9.17, 15) is 9.59 Å². The van der Waals surface area contributed by atoms with Crippen LogP contribution in [0.15, 0.2) is 48.5 Å². The van der Waals surface area contributed by atoms with Crippen LogP contribution in [0, 0.1) is 0 Å². The van der Waals surface area contributed by atoms with Gasteiger partial charge in [0.15, 0.2) is 5.13 Å². The van der Waals surface area contributed by atoms with E-state index in [0.717, 1.165) is 28.7 Å². The number of carbonyl (C=O) groups excluding carboxylic acids is 2. The van der Waals surface area contributed by atoms with E-state index in [1.54, 1.807) is 0 Å². The number of thiazole rings is 1. The lowest BCUT2D eigenvalue weighted by Gasteiger charge is -2.19. The van der Waals surface area contributed by atoms with Crippen molar-refractivity contribution in [3.63, 3.8) is 0 Å².